The van der Waals surface area contributed by atoms with Crippen molar-refractivity contribution >= 4 is 39.8 Å². The predicted octanol–water partition coefficient (Wildman–Crippen LogP) is 6.97. The standard InChI is InChI=1S/C32H33N7O3S/c1-19-14-22(17-39(16-19)32(40)41)37-31-34-13-11-28(38-31)26-7-5-12-33-30(26)42-29-20(2)9-10-24-25(29)6-4-8-27(24)35-15-23-18-43-21(3)36-23/h4-13,18-19,22,35H,14-17H2,1-3H3,(H,40,41)(H,34,37,38). The Labute approximate surface area is 253 Å². The van der Waals surface area contributed by atoms with E-state index < -0.39 is 6.09 Å². The van der Waals surface area contributed by atoms with Gasteiger partial charge in [-0.05, 0) is 56.0 Å². The van der Waals surface area contributed by atoms with E-state index in [4.69, 9.17) is 9.72 Å². The molecule has 0 saturated carbocycles. The number of rotatable bonds is 8. The van der Waals surface area contributed by atoms with Crippen LogP contribution in [0.5, 0.6) is 11.6 Å². The molecule has 0 spiro atoms. The highest BCUT2D eigenvalue weighted by Crippen LogP contribution is 2.38. The lowest BCUT2D eigenvalue weighted by Crippen LogP contribution is -2.47. The molecule has 1 saturated heterocycles. The first-order chi connectivity index (χ1) is 20.8. The van der Waals surface area contributed by atoms with E-state index in [1.165, 1.54) is 4.90 Å². The summed E-state index contributed by atoms with van der Waals surface area (Å²) in [7, 11) is 0. The monoisotopic (exact) mass is 595 g/mol. The molecule has 3 aromatic heterocycles. The van der Waals surface area contributed by atoms with Gasteiger partial charge in [0.25, 0.3) is 0 Å². The van der Waals surface area contributed by atoms with Gasteiger partial charge in [0.15, 0.2) is 0 Å². The normalized spacial score (nSPS) is 16.7. The van der Waals surface area contributed by atoms with E-state index in [1.807, 2.05) is 38.1 Å². The first kappa shape index (κ1) is 28.4. The van der Waals surface area contributed by atoms with Gasteiger partial charge in [-0.2, -0.15) is 0 Å². The number of anilines is 2. The highest BCUT2D eigenvalue weighted by atomic mass is 32.1. The minimum atomic E-state index is -0.911. The van der Waals surface area contributed by atoms with Crippen LogP contribution in [0.1, 0.15) is 29.6 Å². The zero-order chi connectivity index (χ0) is 29.9. The number of carboxylic acid groups (broad SMARTS) is 1. The number of nitrogens with one attached hydrogen (secondary N) is 2. The smallest absolute Gasteiger partial charge is 0.407 e. The molecular weight excluding hydrogens is 562 g/mol. The van der Waals surface area contributed by atoms with Crippen molar-refractivity contribution in [2.45, 2.75) is 39.8 Å². The summed E-state index contributed by atoms with van der Waals surface area (Å²) in [6.45, 7) is 7.63. The van der Waals surface area contributed by atoms with Crippen LogP contribution in [0.4, 0.5) is 16.4 Å². The average Bonchev–Trinajstić information content (AvgIpc) is 3.42. The highest BCUT2D eigenvalue weighted by Gasteiger charge is 2.28. The van der Waals surface area contributed by atoms with Crippen LogP contribution < -0.4 is 15.4 Å². The maximum Gasteiger partial charge on any atom is 0.407 e. The van der Waals surface area contributed by atoms with Crippen LogP contribution in [0.15, 0.2) is 66.3 Å². The number of hydrogen-bond acceptors (Lipinski definition) is 9. The number of carbonyl (C=O) groups is 1. The molecule has 1 aliphatic rings. The Morgan fingerprint density at radius 3 is 2.74 bits per heavy atom. The lowest BCUT2D eigenvalue weighted by atomic mass is 9.96. The van der Waals surface area contributed by atoms with E-state index in [-0.39, 0.29) is 12.0 Å². The quantitative estimate of drug-likeness (QED) is 0.174. The third-order valence-electron chi connectivity index (χ3n) is 7.50. The molecule has 1 amide bonds. The molecule has 1 aliphatic heterocycles. The Morgan fingerprint density at radius 1 is 1.05 bits per heavy atom. The van der Waals surface area contributed by atoms with E-state index in [1.54, 1.807) is 23.7 Å². The SMILES string of the molecule is Cc1nc(CNc2cccc3c(Oc4ncccc4-c4ccnc(NC5CC(C)CN(C(=O)O)C5)n4)c(C)ccc23)cs1. The summed E-state index contributed by atoms with van der Waals surface area (Å²) in [5, 5.41) is 21.5. The molecule has 0 bridgehead atoms. The first-order valence-electron chi connectivity index (χ1n) is 14.2. The fourth-order valence-electron chi connectivity index (χ4n) is 5.54. The summed E-state index contributed by atoms with van der Waals surface area (Å²) >= 11 is 1.64. The molecule has 11 heteroatoms. The first-order valence-corrected chi connectivity index (χ1v) is 15.1. The second kappa shape index (κ2) is 12.2. The van der Waals surface area contributed by atoms with Crippen molar-refractivity contribution < 1.29 is 14.6 Å². The Morgan fingerprint density at radius 2 is 1.93 bits per heavy atom. The van der Waals surface area contributed by atoms with E-state index >= 15 is 0 Å². The number of fused-ring (bicyclic) bond motifs is 1. The highest BCUT2D eigenvalue weighted by molar-refractivity contribution is 7.09. The van der Waals surface area contributed by atoms with Gasteiger partial charge < -0.3 is 25.4 Å². The minimum Gasteiger partial charge on any atom is -0.465 e. The number of amides is 1. The number of likely N-dealkylation sites (tertiary alicyclic amines) is 1. The molecule has 1 fully saturated rings. The molecule has 6 rings (SSSR count). The number of hydrogen-bond donors (Lipinski definition) is 3. The molecular formula is C32H33N7O3S. The number of ether oxygens (including phenoxy) is 1. The van der Waals surface area contributed by atoms with Crippen LogP contribution in [0.2, 0.25) is 0 Å². The molecule has 2 atom stereocenters. The molecule has 2 aromatic carbocycles. The molecule has 0 aliphatic carbocycles. The van der Waals surface area contributed by atoms with Gasteiger partial charge in [0, 0.05) is 53.4 Å². The van der Waals surface area contributed by atoms with Crippen LogP contribution in [0.25, 0.3) is 22.0 Å². The summed E-state index contributed by atoms with van der Waals surface area (Å²) in [6.07, 6.45) is 3.31. The third-order valence-corrected chi connectivity index (χ3v) is 8.32. The molecule has 10 nitrogen and oxygen atoms in total. The van der Waals surface area contributed by atoms with Gasteiger partial charge in [0.1, 0.15) is 5.75 Å². The molecule has 0 radical (unpaired) electrons. The maximum atomic E-state index is 11.6. The predicted molar refractivity (Wildman–Crippen MR) is 169 cm³/mol. The molecule has 4 heterocycles. The maximum absolute atomic E-state index is 11.6. The molecule has 2 unspecified atom stereocenters. The van der Waals surface area contributed by atoms with Gasteiger partial charge in [0.05, 0.1) is 28.5 Å². The van der Waals surface area contributed by atoms with Crippen LogP contribution in [0.3, 0.4) is 0 Å². The average molecular weight is 596 g/mol. The lowest BCUT2D eigenvalue weighted by molar-refractivity contribution is 0.119. The van der Waals surface area contributed by atoms with Gasteiger partial charge in [0.2, 0.25) is 11.8 Å². The van der Waals surface area contributed by atoms with E-state index in [0.717, 1.165) is 50.5 Å². The van der Waals surface area contributed by atoms with Crippen molar-refractivity contribution in [3.63, 3.8) is 0 Å². The van der Waals surface area contributed by atoms with E-state index in [9.17, 15) is 9.90 Å². The number of pyridine rings is 1. The summed E-state index contributed by atoms with van der Waals surface area (Å²) < 4.78 is 6.57. The van der Waals surface area contributed by atoms with Gasteiger partial charge in [-0.25, -0.2) is 24.7 Å². The Balaban J connectivity index is 1.27. The zero-order valence-electron chi connectivity index (χ0n) is 24.2. The Hall–Kier alpha value is -4.77. The van der Waals surface area contributed by atoms with Gasteiger partial charge in [-0.15, -0.1) is 11.3 Å². The summed E-state index contributed by atoms with van der Waals surface area (Å²) in [4.78, 5) is 31.4. The Kier molecular flexibility index (Phi) is 8.06. The summed E-state index contributed by atoms with van der Waals surface area (Å²) in [6, 6.07) is 15.8. The molecule has 5 aromatic rings. The summed E-state index contributed by atoms with van der Waals surface area (Å²) in [5.41, 5.74) is 4.37. The molecule has 220 valence electrons. The van der Waals surface area contributed by atoms with Crippen LogP contribution in [-0.4, -0.2) is 55.2 Å². The van der Waals surface area contributed by atoms with Crippen LogP contribution in [-0.2, 0) is 6.54 Å². The number of aryl methyl sites for hydroxylation is 2. The largest absolute Gasteiger partial charge is 0.465 e. The lowest BCUT2D eigenvalue weighted by Gasteiger charge is -2.35. The summed E-state index contributed by atoms with van der Waals surface area (Å²) in [5.74, 6) is 1.83. The number of nitrogens with zero attached hydrogens (tertiary/aromatic N) is 5. The minimum absolute atomic E-state index is 0.0830. The number of piperidine rings is 1. The number of aromatic nitrogens is 4. The zero-order valence-corrected chi connectivity index (χ0v) is 25.1. The van der Waals surface area contributed by atoms with Crippen molar-refractivity contribution in [3.8, 4) is 22.9 Å². The topological polar surface area (TPSA) is 125 Å². The number of benzene rings is 2. The van der Waals surface area contributed by atoms with E-state index in [2.05, 4.69) is 62.2 Å². The van der Waals surface area contributed by atoms with Crippen LogP contribution >= 0.6 is 11.3 Å². The fraction of sp³-hybridized carbons (Fsp3) is 0.281. The van der Waals surface area contributed by atoms with Crippen molar-refractivity contribution in [2.75, 3.05) is 23.7 Å². The van der Waals surface area contributed by atoms with Gasteiger partial charge in [-0.3, -0.25) is 0 Å². The second-order valence-electron chi connectivity index (χ2n) is 10.9. The Bertz CT molecular complexity index is 1780. The van der Waals surface area contributed by atoms with Crippen molar-refractivity contribution in [3.05, 3.63) is 82.6 Å². The van der Waals surface area contributed by atoms with Crippen molar-refractivity contribution in [1.29, 1.82) is 0 Å². The fourth-order valence-corrected chi connectivity index (χ4v) is 6.15. The molecule has 43 heavy (non-hydrogen) atoms. The number of thiazole rings is 1. The van der Waals surface area contributed by atoms with E-state index in [0.29, 0.717) is 37.2 Å². The van der Waals surface area contributed by atoms with Crippen molar-refractivity contribution in [1.82, 2.24) is 24.8 Å². The van der Waals surface area contributed by atoms with Crippen molar-refractivity contribution in [2.24, 2.45) is 5.92 Å². The third kappa shape index (κ3) is 6.36. The molecule has 3 N–H and O–H groups in total. The van der Waals surface area contributed by atoms with Gasteiger partial charge >= 0.3 is 6.09 Å². The van der Waals surface area contributed by atoms with Gasteiger partial charge in [-0.1, -0.05) is 31.2 Å². The second-order valence-corrected chi connectivity index (χ2v) is 12.0. The van der Waals surface area contributed by atoms with Crippen LogP contribution in [0, 0.1) is 19.8 Å².